The van der Waals surface area contributed by atoms with Crippen molar-refractivity contribution < 1.29 is 4.74 Å². The SMILES string of the molecule is Cc1cccc(CN2CC[C@]3(C[C@@H](Nc4cnccn4)CO3)C2)n1. The van der Waals surface area contributed by atoms with Crippen molar-refractivity contribution in [1.82, 2.24) is 19.9 Å². The molecule has 0 radical (unpaired) electrons. The van der Waals surface area contributed by atoms with Crippen LogP contribution in [0.5, 0.6) is 0 Å². The summed E-state index contributed by atoms with van der Waals surface area (Å²) in [5.41, 5.74) is 2.19. The summed E-state index contributed by atoms with van der Waals surface area (Å²) in [5.74, 6) is 0.821. The van der Waals surface area contributed by atoms with Gasteiger partial charge in [-0.3, -0.25) is 14.9 Å². The topological polar surface area (TPSA) is 63.2 Å². The van der Waals surface area contributed by atoms with Crippen LogP contribution >= 0.6 is 0 Å². The van der Waals surface area contributed by atoms with Crippen molar-refractivity contribution in [3.8, 4) is 0 Å². The molecular formula is C18H23N5O. The van der Waals surface area contributed by atoms with Crippen LogP contribution in [0, 0.1) is 6.92 Å². The summed E-state index contributed by atoms with van der Waals surface area (Å²) in [6.45, 7) is 5.70. The van der Waals surface area contributed by atoms with Gasteiger partial charge in [-0.25, -0.2) is 4.98 Å². The van der Waals surface area contributed by atoms with Crippen molar-refractivity contribution in [2.75, 3.05) is 25.0 Å². The van der Waals surface area contributed by atoms with Crippen molar-refractivity contribution in [2.24, 2.45) is 0 Å². The van der Waals surface area contributed by atoms with Crippen molar-refractivity contribution in [2.45, 2.75) is 38.0 Å². The zero-order valence-corrected chi connectivity index (χ0v) is 14.0. The van der Waals surface area contributed by atoms with Crippen LogP contribution < -0.4 is 5.32 Å². The Morgan fingerprint density at radius 1 is 1.38 bits per heavy atom. The van der Waals surface area contributed by atoms with Crippen molar-refractivity contribution in [1.29, 1.82) is 0 Å². The molecule has 126 valence electrons. The predicted octanol–water partition coefficient (Wildman–Crippen LogP) is 2.03. The normalized spacial score (nSPS) is 27.0. The molecule has 2 atom stereocenters. The first-order valence-corrected chi connectivity index (χ1v) is 8.52. The number of likely N-dealkylation sites (tertiary alicyclic amines) is 1. The molecule has 6 nitrogen and oxygen atoms in total. The zero-order valence-electron chi connectivity index (χ0n) is 14.0. The van der Waals surface area contributed by atoms with Crippen LogP contribution in [0.1, 0.15) is 24.2 Å². The summed E-state index contributed by atoms with van der Waals surface area (Å²) in [4.78, 5) is 15.5. The van der Waals surface area contributed by atoms with Gasteiger partial charge < -0.3 is 10.1 Å². The average Bonchev–Trinajstić information content (AvgIpc) is 3.15. The molecular weight excluding hydrogens is 302 g/mol. The first-order chi connectivity index (χ1) is 11.7. The Hall–Kier alpha value is -2.05. The molecule has 2 aliphatic rings. The summed E-state index contributed by atoms with van der Waals surface area (Å²) in [6, 6.07) is 6.53. The highest BCUT2D eigenvalue weighted by molar-refractivity contribution is 5.32. The molecule has 0 saturated carbocycles. The van der Waals surface area contributed by atoms with Crippen LogP contribution in [-0.4, -0.2) is 51.2 Å². The van der Waals surface area contributed by atoms with Crippen LogP contribution in [-0.2, 0) is 11.3 Å². The van der Waals surface area contributed by atoms with E-state index in [1.54, 1.807) is 18.6 Å². The summed E-state index contributed by atoms with van der Waals surface area (Å²) >= 11 is 0. The van der Waals surface area contributed by atoms with Gasteiger partial charge in [0.2, 0.25) is 0 Å². The number of aryl methyl sites for hydroxylation is 1. The number of ether oxygens (including phenoxy) is 1. The molecule has 0 bridgehead atoms. The van der Waals surface area contributed by atoms with E-state index in [2.05, 4.69) is 37.3 Å². The van der Waals surface area contributed by atoms with E-state index in [0.29, 0.717) is 6.04 Å². The van der Waals surface area contributed by atoms with E-state index in [1.807, 2.05) is 13.0 Å². The summed E-state index contributed by atoms with van der Waals surface area (Å²) in [6.07, 6.45) is 7.25. The quantitative estimate of drug-likeness (QED) is 0.928. The minimum absolute atomic E-state index is 0.0241. The fourth-order valence-electron chi connectivity index (χ4n) is 3.78. The lowest BCUT2D eigenvalue weighted by molar-refractivity contribution is 0.0119. The van der Waals surface area contributed by atoms with Crippen LogP contribution in [0.15, 0.2) is 36.8 Å². The van der Waals surface area contributed by atoms with E-state index in [4.69, 9.17) is 4.74 Å². The number of nitrogens with zero attached hydrogens (tertiary/aromatic N) is 4. The lowest BCUT2D eigenvalue weighted by Crippen LogP contribution is -2.33. The Bertz CT molecular complexity index is 695. The van der Waals surface area contributed by atoms with E-state index < -0.39 is 0 Å². The van der Waals surface area contributed by atoms with Gasteiger partial charge in [0.05, 0.1) is 30.1 Å². The summed E-state index contributed by atoms with van der Waals surface area (Å²) < 4.78 is 6.21. The maximum atomic E-state index is 6.21. The molecule has 0 aromatic carbocycles. The number of hydrogen-bond donors (Lipinski definition) is 1. The minimum atomic E-state index is -0.0241. The van der Waals surface area contributed by atoms with Crippen molar-refractivity contribution in [3.05, 3.63) is 48.2 Å². The second kappa shape index (κ2) is 6.45. The second-order valence-corrected chi connectivity index (χ2v) is 6.86. The number of aromatic nitrogens is 3. The lowest BCUT2D eigenvalue weighted by Gasteiger charge is -2.23. The maximum absolute atomic E-state index is 6.21. The molecule has 2 aromatic rings. The minimum Gasteiger partial charge on any atom is -0.371 e. The Labute approximate surface area is 142 Å². The van der Waals surface area contributed by atoms with Gasteiger partial charge in [0.25, 0.3) is 0 Å². The van der Waals surface area contributed by atoms with Crippen molar-refractivity contribution in [3.63, 3.8) is 0 Å². The number of rotatable bonds is 4. The second-order valence-electron chi connectivity index (χ2n) is 6.86. The van der Waals surface area contributed by atoms with E-state index in [0.717, 1.165) is 56.3 Å². The maximum Gasteiger partial charge on any atom is 0.144 e. The molecule has 2 saturated heterocycles. The van der Waals surface area contributed by atoms with Gasteiger partial charge in [-0.2, -0.15) is 0 Å². The van der Waals surface area contributed by atoms with Crippen LogP contribution in [0.3, 0.4) is 0 Å². The Kier molecular flexibility index (Phi) is 4.16. The third-order valence-electron chi connectivity index (χ3n) is 4.85. The number of hydrogen-bond acceptors (Lipinski definition) is 6. The largest absolute Gasteiger partial charge is 0.371 e. The van der Waals surface area contributed by atoms with E-state index in [-0.39, 0.29) is 5.60 Å². The monoisotopic (exact) mass is 325 g/mol. The van der Waals surface area contributed by atoms with E-state index in [1.165, 1.54) is 0 Å². The summed E-state index contributed by atoms with van der Waals surface area (Å²) in [7, 11) is 0. The first kappa shape index (κ1) is 15.5. The van der Waals surface area contributed by atoms with E-state index in [9.17, 15) is 0 Å². The van der Waals surface area contributed by atoms with E-state index >= 15 is 0 Å². The lowest BCUT2D eigenvalue weighted by atomic mass is 9.97. The number of nitrogens with one attached hydrogen (secondary N) is 1. The highest BCUT2D eigenvalue weighted by Gasteiger charge is 2.45. The van der Waals surface area contributed by atoms with Gasteiger partial charge in [-0.15, -0.1) is 0 Å². The molecule has 0 amide bonds. The average molecular weight is 325 g/mol. The Morgan fingerprint density at radius 3 is 3.17 bits per heavy atom. The van der Waals surface area contributed by atoms with Crippen molar-refractivity contribution >= 4 is 5.82 Å². The number of anilines is 1. The molecule has 2 aliphatic heterocycles. The molecule has 0 aliphatic carbocycles. The van der Waals surface area contributed by atoms with Gasteiger partial charge in [0, 0.05) is 44.1 Å². The van der Waals surface area contributed by atoms with Gasteiger partial charge in [-0.05, 0) is 25.5 Å². The highest BCUT2D eigenvalue weighted by atomic mass is 16.5. The highest BCUT2D eigenvalue weighted by Crippen LogP contribution is 2.36. The standard InChI is InChI=1S/C18H23N5O/c1-14-3-2-4-15(21-14)11-23-8-5-18(13-23)9-16(12-24-18)22-17-10-19-6-7-20-17/h2-4,6-7,10,16H,5,8-9,11-13H2,1H3,(H,20,22)/t16-,18+/m1/s1. The third kappa shape index (κ3) is 3.39. The smallest absolute Gasteiger partial charge is 0.144 e. The molecule has 2 aromatic heterocycles. The third-order valence-corrected chi connectivity index (χ3v) is 4.85. The fourth-order valence-corrected chi connectivity index (χ4v) is 3.78. The first-order valence-electron chi connectivity index (χ1n) is 8.52. The van der Waals surface area contributed by atoms with Gasteiger partial charge in [0.1, 0.15) is 5.82 Å². The zero-order chi connectivity index (χ0) is 16.4. The summed E-state index contributed by atoms with van der Waals surface area (Å²) in [5, 5.41) is 3.43. The predicted molar refractivity (Wildman–Crippen MR) is 91.6 cm³/mol. The van der Waals surface area contributed by atoms with Gasteiger partial charge in [0.15, 0.2) is 0 Å². The molecule has 6 heteroatoms. The molecule has 1 N–H and O–H groups in total. The molecule has 1 spiro atoms. The Morgan fingerprint density at radius 2 is 2.33 bits per heavy atom. The molecule has 0 unspecified atom stereocenters. The number of pyridine rings is 1. The van der Waals surface area contributed by atoms with Gasteiger partial charge >= 0.3 is 0 Å². The van der Waals surface area contributed by atoms with Crippen LogP contribution in [0.25, 0.3) is 0 Å². The van der Waals surface area contributed by atoms with Gasteiger partial charge in [-0.1, -0.05) is 6.07 Å². The van der Waals surface area contributed by atoms with Crippen LogP contribution in [0.4, 0.5) is 5.82 Å². The molecule has 2 fully saturated rings. The Balaban J connectivity index is 1.34. The molecule has 4 rings (SSSR count). The molecule has 4 heterocycles. The van der Waals surface area contributed by atoms with Crippen LogP contribution in [0.2, 0.25) is 0 Å². The fraction of sp³-hybridized carbons (Fsp3) is 0.500. The molecule has 24 heavy (non-hydrogen) atoms.